The third-order valence-corrected chi connectivity index (χ3v) is 4.69. The lowest BCUT2D eigenvalue weighted by Crippen LogP contribution is -2.10. The van der Waals surface area contributed by atoms with Crippen LogP contribution < -0.4 is 11.1 Å². The summed E-state index contributed by atoms with van der Waals surface area (Å²) in [6.07, 6.45) is 0. The Labute approximate surface area is 172 Å². The monoisotopic (exact) mass is 402 g/mol. The fraction of sp³-hybridized carbons (Fsp3) is 0.0435. The quantitative estimate of drug-likeness (QED) is 0.439. The number of halogens is 1. The first-order valence-electron chi connectivity index (χ1n) is 9.30. The van der Waals surface area contributed by atoms with E-state index in [0.717, 1.165) is 5.56 Å². The van der Waals surface area contributed by atoms with E-state index in [2.05, 4.69) is 10.4 Å². The fourth-order valence-electron chi connectivity index (χ4n) is 3.23. The topological polar surface area (TPSA) is 93.2 Å². The Morgan fingerprint density at radius 2 is 1.77 bits per heavy atom. The second-order valence-electron chi connectivity index (χ2n) is 6.65. The van der Waals surface area contributed by atoms with Gasteiger partial charge in [0.05, 0.1) is 22.6 Å². The van der Waals surface area contributed by atoms with E-state index in [9.17, 15) is 14.3 Å². The average molecular weight is 402 g/mol. The summed E-state index contributed by atoms with van der Waals surface area (Å²) in [5.41, 5.74) is 9.08. The van der Waals surface area contributed by atoms with E-state index >= 15 is 0 Å². The molecule has 0 saturated heterocycles. The van der Waals surface area contributed by atoms with Gasteiger partial charge >= 0.3 is 5.97 Å². The molecule has 0 fully saturated rings. The van der Waals surface area contributed by atoms with Crippen molar-refractivity contribution in [2.75, 3.05) is 5.32 Å². The van der Waals surface area contributed by atoms with Crippen LogP contribution in [0.15, 0.2) is 78.9 Å². The Bertz CT molecular complexity index is 1210. The minimum Gasteiger partial charge on any atom is -0.478 e. The summed E-state index contributed by atoms with van der Waals surface area (Å²) in [5.74, 6) is -0.987. The maximum atomic E-state index is 14.0. The highest BCUT2D eigenvalue weighted by Crippen LogP contribution is 2.30. The molecular formula is C23H19FN4O2. The molecule has 6 nitrogen and oxygen atoms in total. The zero-order valence-corrected chi connectivity index (χ0v) is 15.9. The number of hydrogen-bond acceptors (Lipinski definition) is 4. The molecule has 1 heterocycles. The maximum Gasteiger partial charge on any atom is 0.337 e. The smallest absolute Gasteiger partial charge is 0.337 e. The standard InChI is InChI=1S/C23H19FN4O2/c24-17-11-10-16(14-25)21(12-17)28-22(13-20(27-28)15-6-2-1-3-7-15)26-19-9-5-4-8-18(19)23(29)30/h1-13,26H,14,25H2,(H,29,30). The Balaban J connectivity index is 1.89. The molecule has 0 aliphatic heterocycles. The summed E-state index contributed by atoms with van der Waals surface area (Å²) < 4.78 is 15.6. The summed E-state index contributed by atoms with van der Waals surface area (Å²) in [4.78, 5) is 11.6. The average Bonchev–Trinajstić information content (AvgIpc) is 3.18. The van der Waals surface area contributed by atoms with Crippen molar-refractivity contribution in [3.05, 3.63) is 95.8 Å². The molecular weight excluding hydrogens is 383 g/mol. The number of aromatic nitrogens is 2. The van der Waals surface area contributed by atoms with Crippen LogP contribution in [0.5, 0.6) is 0 Å². The highest BCUT2D eigenvalue weighted by Gasteiger charge is 2.17. The van der Waals surface area contributed by atoms with E-state index in [0.29, 0.717) is 28.5 Å². The van der Waals surface area contributed by atoms with E-state index in [1.807, 2.05) is 30.3 Å². The number of carbonyl (C=O) groups is 1. The van der Waals surface area contributed by atoms with Crippen LogP contribution in [-0.2, 0) is 6.54 Å². The minimum absolute atomic E-state index is 0.116. The highest BCUT2D eigenvalue weighted by molar-refractivity contribution is 5.95. The van der Waals surface area contributed by atoms with Gasteiger partial charge in [-0.2, -0.15) is 5.10 Å². The molecule has 30 heavy (non-hydrogen) atoms. The number of nitrogens with zero attached hydrogens (tertiary/aromatic N) is 2. The van der Waals surface area contributed by atoms with Crippen molar-refractivity contribution in [3.8, 4) is 16.9 Å². The van der Waals surface area contributed by atoms with Crippen LogP contribution in [0.3, 0.4) is 0 Å². The molecule has 1 aromatic heterocycles. The van der Waals surface area contributed by atoms with Gasteiger partial charge in [0.1, 0.15) is 11.6 Å². The van der Waals surface area contributed by atoms with Crippen molar-refractivity contribution in [1.29, 1.82) is 0 Å². The number of carboxylic acids is 1. The number of aromatic carboxylic acids is 1. The lowest BCUT2D eigenvalue weighted by atomic mass is 10.1. The van der Waals surface area contributed by atoms with Gasteiger partial charge in [-0.15, -0.1) is 0 Å². The van der Waals surface area contributed by atoms with Crippen molar-refractivity contribution in [2.24, 2.45) is 5.73 Å². The van der Waals surface area contributed by atoms with Gasteiger partial charge < -0.3 is 16.2 Å². The third-order valence-electron chi connectivity index (χ3n) is 4.69. The molecule has 0 amide bonds. The summed E-state index contributed by atoms with van der Waals surface area (Å²) >= 11 is 0. The van der Waals surface area contributed by atoms with Gasteiger partial charge in [0.15, 0.2) is 0 Å². The molecule has 0 spiro atoms. The first-order chi connectivity index (χ1) is 14.6. The summed E-state index contributed by atoms with van der Waals surface area (Å²) in [6.45, 7) is 0.196. The predicted octanol–water partition coefficient (Wildman–Crippen LogP) is 4.58. The molecule has 0 unspecified atom stereocenters. The first kappa shape index (κ1) is 19.4. The summed E-state index contributed by atoms with van der Waals surface area (Å²) in [6, 6.07) is 22.2. The van der Waals surface area contributed by atoms with E-state index in [4.69, 9.17) is 5.73 Å². The molecule has 0 aliphatic carbocycles. The van der Waals surface area contributed by atoms with Gasteiger partial charge in [-0.25, -0.2) is 13.9 Å². The lowest BCUT2D eigenvalue weighted by Gasteiger charge is -2.14. The van der Waals surface area contributed by atoms with Gasteiger partial charge in [-0.3, -0.25) is 0 Å². The van der Waals surface area contributed by atoms with Crippen LogP contribution in [0, 0.1) is 5.82 Å². The Hall–Kier alpha value is -3.97. The lowest BCUT2D eigenvalue weighted by molar-refractivity contribution is 0.0698. The number of rotatable bonds is 6. The molecule has 7 heteroatoms. The Kier molecular flexibility index (Phi) is 5.28. The Morgan fingerprint density at radius 3 is 2.50 bits per heavy atom. The zero-order chi connectivity index (χ0) is 21.1. The largest absolute Gasteiger partial charge is 0.478 e. The second-order valence-corrected chi connectivity index (χ2v) is 6.65. The molecule has 4 rings (SSSR count). The van der Waals surface area contributed by atoms with Gasteiger partial charge in [-0.05, 0) is 29.8 Å². The van der Waals surface area contributed by atoms with Crippen molar-refractivity contribution in [3.63, 3.8) is 0 Å². The van der Waals surface area contributed by atoms with Crippen LogP contribution in [0.4, 0.5) is 15.9 Å². The third kappa shape index (κ3) is 3.78. The van der Waals surface area contributed by atoms with Crippen molar-refractivity contribution >= 4 is 17.5 Å². The predicted molar refractivity (Wildman–Crippen MR) is 114 cm³/mol. The van der Waals surface area contributed by atoms with E-state index in [1.54, 1.807) is 35.0 Å². The molecule has 150 valence electrons. The van der Waals surface area contributed by atoms with Gasteiger partial charge in [0.2, 0.25) is 0 Å². The van der Waals surface area contributed by atoms with Crippen LogP contribution >= 0.6 is 0 Å². The SMILES string of the molecule is NCc1ccc(F)cc1-n1nc(-c2ccccc2)cc1Nc1ccccc1C(=O)O. The van der Waals surface area contributed by atoms with Crippen LogP contribution in [-0.4, -0.2) is 20.9 Å². The number of para-hydroxylation sites is 1. The molecule has 3 aromatic carbocycles. The van der Waals surface area contributed by atoms with Gasteiger partial charge in [-0.1, -0.05) is 48.5 Å². The van der Waals surface area contributed by atoms with Crippen molar-refractivity contribution < 1.29 is 14.3 Å². The van der Waals surface area contributed by atoms with Gasteiger partial charge in [0.25, 0.3) is 0 Å². The summed E-state index contributed by atoms with van der Waals surface area (Å²) in [7, 11) is 0. The highest BCUT2D eigenvalue weighted by atomic mass is 19.1. The number of nitrogens with one attached hydrogen (secondary N) is 1. The minimum atomic E-state index is -1.05. The fourth-order valence-corrected chi connectivity index (χ4v) is 3.23. The van der Waals surface area contributed by atoms with E-state index < -0.39 is 11.8 Å². The maximum absolute atomic E-state index is 14.0. The molecule has 0 saturated carbocycles. The van der Waals surface area contributed by atoms with Crippen LogP contribution in [0.1, 0.15) is 15.9 Å². The number of benzene rings is 3. The molecule has 0 radical (unpaired) electrons. The molecule has 4 N–H and O–H groups in total. The van der Waals surface area contributed by atoms with Gasteiger partial charge in [0, 0.05) is 18.2 Å². The van der Waals surface area contributed by atoms with Crippen molar-refractivity contribution in [2.45, 2.75) is 6.54 Å². The molecule has 0 atom stereocenters. The molecule has 4 aromatic rings. The van der Waals surface area contributed by atoms with E-state index in [1.165, 1.54) is 18.2 Å². The van der Waals surface area contributed by atoms with Crippen molar-refractivity contribution in [1.82, 2.24) is 9.78 Å². The van der Waals surface area contributed by atoms with Crippen LogP contribution in [0.25, 0.3) is 16.9 Å². The summed E-state index contributed by atoms with van der Waals surface area (Å²) in [5, 5.41) is 17.3. The number of anilines is 2. The number of nitrogens with two attached hydrogens (primary N) is 1. The zero-order valence-electron chi connectivity index (χ0n) is 15.9. The number of hydrogen-bond donors (Lipinski definition) is 3. The normalized spacial score (nSPS) is 10.7. The second kappa shape index (κ2) is 8.18. The van der Waals surface area contributed by atoms with E-state index in [-0.39, 0.29) is 12.1 Å². The molecule has 0 bridgehead atoms. The molecule has 0 aliphatic rings. The first-order valence-corrected chi connectivity index (χ1v) is 9.30. The Morgan fingerprint density at radius 1 is 1.03 bits per heavy atom. The number of carboxylic acid groups (broad SMARTS) is 1. The van der Waals surface area contributed by atoms with Crippen LogP contribution in [0.2, 0.25) is 0 Å².